The minimum atomic E-state index is -2.09. The Morgan fingerprint density at radius 1 is 0.897 bits per heavy atom. The molecule has 0 N–H and O–H groups in total. The highest BCUT2D eigenvalue weighted by molar-refractivity contribution is 6.78. The van der Waals surface area contributed by atoms with E-state index < -0.39 is 8.32 Å². The van der Waals surface area contributed by atoms with Gasteiger partial charge in [0.15, 0.2) is 12.6 Å². The Labute approximate surface area is 234 Å². The molecule has 0 fully saturated rings. The highest BCUT2D eigenvalue weighted by atomic mass is 28.4. The predicted octanol–water partition coefficient (Wildman–Crippen LogP) is 8.60. The molecule has 0 unspecified atom stereocenters. The van der Waals surface area contributed by atoms with E-state index >= 15 is 0 Å². The van der Waals surface area contributed by atoms with Gasteiger partial charge >= 0.3 is 0 Å². The number of halogens is 1. The molecule has 0 aromatic heterocycles. The van der Waals surface area contributed by atoms with Crippen LogP contribution in [0.1, 0.15) is 79.7 Å². The van der Waals surface area contributed by atoms with Gasteiger partial charge in [0.1, 0.15) is 17.3 Å². The minimum Gasteiger partial charge on any atom is -0.543 e. The fourth-order valence-electron chi connectivity index (χ4n) is 5.85. The first-order valence-electron chi connectivity index (χ1n) is 13.7. The molecule has 3 rings (SSSR count). The summed E-state index contributed by atoms with van der Waals surface area (Å²) in [6, 6.07) is 16.6. The zero-order valence-corrected chi connectivity index (χ0v) is 25.8. The number of hydrogen-bond donors (Lipinski definition) is 0. The standard InChI is InChI=1S/C33H42FO4Si/c1-21(2)39(22(3)4,23(5)6)38-30-15-24(7)31(25(8)16-30)19-28-17-27(13-14-32(28)34)33(35)26-11-10-12-29(18-26)37-20-36-9/h10-11,13-18,21-23H,19-20H2,1-9H3. The van der Waals surface area contributed by atoms with E-state index in [0.717, 1.165) is 22.4 Å². The first-order valence-corrected chi connectivity index (χ1v) is 15.8. The molecule has 0 atom stereocenters. The lowest BCUT2D eigenvalue weighted by Crippen LogP contribution is -2.50. The zero-order valence-electron chi connectivity index (χ0n) is 24.8. The number of carbonyl (C=O) groups excluding carboxylic acids is 1. The third-order valence-corrected chi connectivity index (χ3v) is 13.7. The van der Waals surface area contributed by atoms with Crippen LogP contribution in [0.4, 0.5) is 4.39 Å². The van der Waals surface area contributed by atoms with E-state index in [9.17, 15) is 9.18 Å². The van der Waals surface area contributed by atoms with E-state index in [1.165, 1.54) is 19.2 Å². The van der Waals surface area contributed by atoms with Crippen molar-refractivity contribution in [1.82, 2.24) is 0 Å². The van der Waals surface area contributed by atoms with Crippen molar-refractivity contribution in [1.29, 1.82) is 0 Å². The maximum absolute atomic E-state index is 15.0. The van der Waals surface area contributed by atoms with Gasteiger partial charge in [-0.1, -0.05) is 47.6 Å². The Balaban J connectivity index is 1.90. The molecule has 39 heavy (non-hydrogen) atoms. The Kier molecular flexibility index (Phi) is 10.1. The first-order chi connectivity index (χ1) is 18.4. The van der Waals surface area contributed by atoms with Crippen LogP contribution in [0.2, 0.25) is 16.6 Å². The molecule has 0 saturated carbocycles. The van der Waals surface area contributed by atoms with Gasteiger partial charge in [0, 0.05) is 30.7 Å². The minimum absolute atomic E-state index is 0.0625. The summed E-state index contributed by atoms with van der Waals surface area (Å²) in [4.78, 5) is 13.2. The normalized spacial score (nSPS) is 11.9. The second kappa shape index (κ2) is 12.9. The van der Waals surface area contributed by atoms with Crippen LogP contribution in [0, 0.1) is 25.7 Å². The van der Waals surface area contributed by atoms with Gasteiger partial charge in [-0.05, 0) is 95.2 Å². The van der Waals surface area contributed by atoms with E-state index in [1.54, 1.807) is 24.3 Å². The van der Waals surface area contributed by atoms with Crippen molar-refractivity contribution < 1.29 is 23.1 Å². The van der Waals surface area contributed by atoms with Crippen molar-refractivity contribution >= 4 is 14.1 Å². The maximum Gasteiger partial charge on any atom is 0.258 e. The maximum atomic E-state index is 15.0. The molecule has 0 aliphatic carbocycles. The Morgan fingerprint density at radius 2 is 1.49 bits per heavy atom. The second-order valence-electron chi connectivity index (χ2n) is 11.3. The molecule has 0 saturated heterocycles. The summed E-state index contributed by atoms with van der Waals surface area (Å²) in [5, 5.41) is 0. The van der Waals surface area contributed by atoms with Crippen LogP contribution in [-0.4, -0.2) is 28.0 Å². The molecule has 6 heteroatoms. The van der Waals surface area contributed by atoms with Crippen molar-refractivity contribution in [3.8, 4) is 11.5 Å². The lowest BCUT2D eigenvalue weighted by Gasteiger charge is -2.42. The van der Waals surface area contributed by atoms with Gasteiger partial charge in [-0.3, -0.25) is 4.79 Å². The summed E-state index contributed by atoms with van der Waals surface area (Å²) in [6.45, 7) is 17.8. The molecule has 0 aliphatic heterocycles. The summed E-state index contributed by atoms with van der Waals surface area (Å²) in [5.74, 6) is 0.774. The third kappa shape index (κ3) is 6.79. The highest BCUT2D eigenvalue weighted by Crippen LogP contribution is 2.43. The third-order valence-electron chi connectivity index (χ3n) is 7.72. The molecule has 3 aromatic carbocycles. The van der Waals surface area contributed by atoms with Crippen molar-refractivity contribution in [3.05, 3.63) is 93.8 Å². The molecule has 4 nitrogen and oxygen atoms in total. The molecule has 0 aliphatic rings. The Bertz CT molecular complexity index is 1250. The van der Waals surface area contributed by atoms with Gasteiger partial charge in [-0.25, -0.2) is 4.39 Å². The Hall–Kier alpha value is -2.96. The van der Waals surface area contributed by atoms with E-state index in [0.29, 0.717) is 45.5 Å². The number of ether oxygens (including phenoxy) is 2. The summed E-state index contributed by atoms with van der Waals surface area (Å²) < 4.78 is 32.2. The lowest BCUT2D eigenvalue weighted by atomic mass is 9.93. The zero-order chi connectivity index (χ0) is 28.9. The molecule has 0 amide bonds. The fraction of sp³-hybridized carbons (Fsp3) is 0.424. The van der Waals surface area contributed by atoms with Gasteiger partial charge in [0.25, 0.3) is 8.32 Å². The predicted molar refractivity (Wildman–Crippen MR) is 158 cm³/mol. The van der Waals surface area contributed by atoms with Gasteiger partial charge in [0.2, 0.25) is 0 Å². The fourth-order valence-corrected chi connectivity index (χ4v) is 11.1. The van der Waals surface area contributed by atoms with Crippen LogP contribution in [0.3, 0.4) is 0 Å². The topological polar surface area (TPSA) is 44.8 Å². The highest BCUT2D eigenvalue weighted by Gasteiger charge is 2.47. The van der Waals surface area contributed by atoms with E-state index in [2.05, 4.69) is 59.7 Å². The monoisotopic (exact) mass is 549 g/mol. The Morgan fingerprint density at radius 3 is 2.05 bits per heavy atom. The number of carbonyl (C=O) groups is 1. The average Bonchev–Trinajstić information content (AvgIpc) is 2.88. The van der Waals surface area contributed by atoms with Crippen LogP contribution in [0.15, 0.2) is 48.5 Å². The molecule has 3 aromatic rings. The van der Waals surface area contributed by atoms with Gasteiger partial charge in [-0.2, -0.15) is 0 Å². The number of ketones is 1. The largest absolute Gasteiger partial charge is 0.543 e. The smallest absolute Gasteiger partial charge is 0.258 e. The number of rotatable bonds is 12. The molecule has 0 heterocycles. The van der Waals surface area contributed by atoms with Crippen molar-refractivity contribution in [2.45, 2.75) is 78.4 Å². The van der Waals surface area contributed by atoms with Crippen LogP contribution < -0.4 is 9.16 Å². The molecule has 0 bridgehead atoms. The van der Waals surface area contributed by atoms with E-state index in [-0.39, 0.29) is 18.4 Å². The summed E-state index contributed by atoms with van der Waals surface area (Å²) in [5.41, 5.74) is 5.91. The van der Waals surface area contributed by atoms with Crippen LogP contribution in [0.5, 0.6) is 11.5 Å². The summed E-state index contributed by atoms with van der Waals surface area (Å²) in [7, 11) is -0.570. The molecular weight excluding hydrogens is 507 g/mol. The number of methoxy groups -OCH3 is 1. The average molecular weight is 550 g/mol. The van der Waals surface area contributed by atoms with E-state index in [4.69, 9.17) is 13.9 Å². The van der Waals surface area contributed by atoms with Crippen molar-refractivity contribution in [2.24, 2.45) is 0 Å². The first kappa shape index (κ1) is 30.6. The van der Waals surface area contributed by atoms with Crippen molar-refractivity contribution in [3.63, 3.8) is 0 Å². The molecular formula is C33H42FO4Si. The quantitative estimate of drug-likeness (QED) is 0.129. The van der Waals surface area contributed by atoms with Crippen LogP contribution in [0.25, 0.3) is 0 Å². The number of aryl methyl sites for hydroxylation is 2. The van der Waals surface area contributed by atoms with Gasteiger partial charge < -0.3 is 13.9 Å². The summed E-state index contributed by atoms with van der Waals surface area (Å²) in [6.07, 6.45) is 0.386. The van der Waals surface area contributed by atoms with Gasteiger partial charge in [-0.15, -0.1) is 0 Å². The molecule has 209 valence electrons. The van der Waals surface area contributed by atoms with Crippen LogP contribution in [-0.2, 0) is 11.2 Å². The summed E-state index contributed by atoms with van der Waals surface area (Å²) >= 11 is 0. The SMILES string of the molecule is COCOc1[c]ccc(C(=O)c2ccc(F)c(Cc3c(C)cc(O[Si](C(C)C)(C(C)C)C(C)C)cc3C)c2)c1. The number of benzene rings is 3. The molecule has 0 spiro atoms. The van der Waals surface area contributed by atoms with Crippen molar-refractivity contribution in [2.75, 3.05) is 13.9 Å². The van der Waals surface area contributed by atoms with Crippen LogP contribution >= 0.6 is 0 Å². The second-order valence-corrected chi connectivity index (χ2v) is 16.6. The van der Waals surface area contributed by atoms with Gasteiger partial charge in [0.05, 0.1) is 0 Å². The molecule has 1 radical (unpaired) electrons. The number of hydrogen-bond acceptors (Lipinski definition) is 4. The lowest BCUT2D eigenvalue weighted by molar-refractivity contribution is 0.0508. The van der Waals surface area contributed by atoms with E-state index in [1.807, 2.05) is 13.8 Å².